The molecule has 0 bridgehead atoms. The average Bonchev–Trinajstić information content (AvgIpc) is 1.69. The highest BCUT2D eigenvalue weighted by Gasteiger charge is 1.65. The molecule has 2 heteroatoms. The molecule has 2 nitrogen and oxygen atoms in total. The third-order valence-corrected chi connectivity index (χ3v) is 0.402. The number of hydrogen-bond donors (Lipinski definition) is 0. The Balaban J connectivity index is 3.19. The van der Waals surface area contributed by atoms with Gasteiger partial charge in [-0.3, -0.25) is 0 Å². The van der Waals surface area contributed by atoms with Crippen LogP contribution in [0.4, 0.5) is 0 Å². The molecule has 34 valence electrons. The van der Waals surface area contributed by atoms with Crippen molar-refractivity contribution in [2.45, 2.75) is 6.42 Å². The zero-order valence-electron chi connectivity index (χ0n) is 3.76. The Hall–Kier alpha value is -1.28. The van der Waals surface area contributed by atoms with Crippen LogP contribution >= 0.6 is 0 Å². The van der Waals surface area contributed by atoms with E-state index in [4.69, 9.17) is 10.5 Å². The minimum absolute atomic E-state index is 0.327. The van der Waals surface area contributed by atoms with Gasteiger partial charge in [-0.15, -0.1) is 0 Å². The maximum absolute atomic E-state index is 7.88. The van der Waals surface area contributed by atoms with Crippen molar-refractivity contribution in [3.8, 4) is 12.1 Å². The van der Waals surface area contributed by atoms with Crippen LogP contribution in [0.5, 0.6) is 0 Å². The SMILES string of the molecule is N#C/C=C\CC#N. The normalized spacial score (nSPS) is 7.71. The molecule has 0 aromatic heterocycles. The lowest BCUT2D eigenvalue weighted by Crippen LogP contribution is -1.52. The van der Waals surface area contributed by atoms with Gasteiger partial charge in [-0.1, -0.05) is 6.08 Å². The van der Waals surface area contributed by atoms with Crippen molar-refractivity contribution in [3.63, 3.8) is 0 Å². The van der Waals surface area contributed by atoms with Crippen LogP contribution < -0.4 is 0 Å². The van der Waals surface area contributed by atoms with Crippen molar-refractivity contribution in [3.05, 3.63) is 12.2 Å². The molecule has 0 fully saturated rings. The lowest BCUT2D eigenvalue weighted by Gasteiger charge is -1.61. The van der Waals surface area contributed by atoms with Gasteiger partial charge in [0.1, 0.15) is 0 Å². The van der Waals surface area contributed by atoms with E-state index in [1.165, 1.54) is 12.2 Å². The third kappa shape index (κ3) is 4.72. The van der Waals surface area contributed by atoms with Crippen LogP contribution in [0.2, 0.25) is 0 Å². The smallest absolute Gasteiger partial charge is 0.0909 e. The minimum atomic E-state index is 0.327. The summed E-state index contributed by atoms with van der Waals surface area (Å²) in [4.78, 5) is 0. The topological polar surface area (TPSA) is 47.6 Å². The van der Waals surface area contributed by atoms with Gasteiger partial charge < -0.3 is 0 Å². The van der Waals surface area contributed by atoms with Crippen LogP contribution in [-0.2, 0) is 0 Å². The first kappa shape index (κ1) is 5.72. The van der Waals surface area contributed by atoms with Gasteiger partial charge in [0.05, 0.1) is 18.6 Å². The van der Waals surface area contributed by atoms with Gasteiger partial charge in [-0.05, 0) is 0 Å². The van der Waals surface area contributed by atoms with Gasteiger partial charge in [-0.2, -0.15) is 10.5 Å². The molecule has 0 radical (unpaired) electrons. The summed E-state index contributed by atoms with van der Waals surface area (Å²) < 4.78 is 0. The Kier molecular flexibility index (Phi) is 3.86. The maximum atomic E-state index is 7.88. The van der Waals surface area contributed by atoms with Crippen molar-refractivity contribution >= 4 is 0 Å². The summed E-state index contributed by atoms with van der Waals surface area (Å²) >= 11 is 0. The predicted molar refractivity (Wildman–Crippen MR) is 25.0 cm³/mol. The lowest BCUT2D eigenvalue weighted by atomic mass is 10.4. The summed E-state index contributed by atoms with van der Waals surface area (Å²) in [5.41, 5.74) is 0. The summed E-state index contributed by atoms with van der Waals surface area (Å²) in [7, 11) is 0. The molecule has 0 atom stereocenters. The van der Waals surface area contributed by atoms with Crippen LogP contribution in [0.1, 0.15) is 6.42 Å². The van der Waals surface area contributed by atoms with E-state index < -0.39 is 0 Å². The molecular weight excluding hydrogens is 88.1 g/mol. The van der Waals surface area contributed by atoms with Crippen LogP contribution in [0, 0.1) is 22.7 Å². The molecule has 0 aliphatic carbocycles. The highest BCUT2D eigenvalue weighted by Crippen LogP contribution is 1.74. The molecule has 7 heavy (non-hydrogen) atoms. The average molecular weight is 92.1 g/mol. The fourth-order valence-corrected chi connectivity index (χ4v) is 0.164. The predicted octanol–water partition coefficient (Wildman–Crippen LogP) is 0.980. The first-order valence-electron chi connectivity index (χ1n) is 1.83. The largest absolute Gasteiger partial charge is 0.198 e. The molecule has 0 unspecified atom stereocenters. The molecule has 0 N–H and O–H groups in total. The van der Waals surface area contributed by atoms with Gasteiger partial charge in [0.15, 0.2) is 0 Å². The Morgan fingerprint density at radius 3 is 2.57 bits per heavy atom. The number of rotatable bonds is 1. The highest BCUT2D eigenvalue weighted by atomic mass is 14.2. The quantitative estimate of drug-likeness (QED) is 0.452. The molecule has 0 amide bonds. The van der Waals surface area contributed by atoms with E-state index in [-0.39, 0.29) is 0 Å². The molecule has 0 aliphatic heterocycles. The first-order valence-corrected chi connectivity index (χ1v) is 1.83. The van der Waals surface area contributed by atoms with E-state index in [1.807, 2.05) is 6.07 Å². The van der Waals surface area contributed by atoms with Gasteiger partial charge in [0, 0.05) is 6.08 Å². The number of hydrogen-bond acceptors (Lipinski definition) is 2. The zero-order chi connectivity index (χ0) is 5.54. The van der Waals surface area contributed by atoms with Crippen molar-refractivity contribution in [2.75, 3.05) is 0 Å². The minimum Gasteiger partial charge on any atom is -0.198 e. The van der Waals surface area contributed by atoms with E-state index >= 15 is 0 Å². The van der Waals surface area contributed by atoms with Gasteiger partial charge in [-0.25, -0.2) is 0 Å². The van der Waals surface area contributed by atoms with Crippen molar-refractivity contribution in [2.24, 2.45) is 0 Å². The molecular formula is C5H4N2. The Bertz CT molecular complexity index is 133. The number of nitrogens with zero attached hydrogens (tertiary/aromatic N) is 2. The highest BCUT2D eigenvalue weighted by molar-refractivity contribution is 5.04. The van der Waals surface area contributed by atoms with Crippen molar-refractivity contribution < 1.29 is 0 Å². The van der Waals surface area contributed by atoms with Crippen LogP contribution in [-0.4, -0.2) is 0 Å². The molecule has 0 spiro atoms. The van der Waals surface area contributed by atoms with Crippen LogP contribution in [0.25, 0.3) is 0 Å². The van der Waals surface area contributed by atoms with E-state index in [2.05, 4.69) is 0 Å². The molecule has 0 aromatic rings. The zero-order valence-corrected chi connectivity index (χ0v) is 3.76. The van der Waals surface area contributed by atoms with E-state index in [9.17, 15) is 0 Å². The van der Waals surface area contributed by atoms with E-state index in [0.717, 1.165) is 0 Å². The van der Waals surface area contributed by atoms with Crippen LogP contribution in [0.3, 0.4) is 0 Å². The summed E-state index contributed by atoms with van der Waals surface area (Å²) in [5.74, 6) is 0. The monoisotopic (exact) mass is 92.0 g/mol. The first-order chi connectivity index (χ1) is 3.41. The lowest BCUT2D eigenvalue weighted by molar-refractivity contribution is 1.35. The second kappa shape index (κ2) is 4.72. The second-order valence-corrected chi connectivity index (χ2v) is 0.894. The molecule has 0 saturated heterocycles. The molecule has 0 heterocycles. The van der Waals surface area contributed by atoms with Gasteiger partial charge in [0.2, 0.25) is 0 Å². The van der Waals surface area contributed by atoms with Crippen LogP contribution in [0.15, 0.2) is 12.2 Å². The third-order valence-electron chi connectivity index (χ3n) is 0.402. The molecule has 0 aromatic carbocycles. The van der Waals surface area contributed by atoms with Gasteiger partial charge in [0.25, 0.3) is 0 Å². The standard InChI is InChI=1S/C5H4N2/c6-4-2-1-3-5-7/h1-2H,3H2/b2-1-. The Morgan fingerprint density at radius 2 is 2.14 bits per heavy atom. The fraction of sp³-hybridized carbons (Fsp3) is 0.200. The summed E-state index contributed by atoms with van der Waals surface area (Å²) in [5, 5.41) is 15.7. The summed E-state index contributed by atoms with van der Waals surface area (Å²) in [6.45, 7) is 0. The molecule has 0 aliphatic rings. The maximum Gasteiger partial charge on any atom is 0.0909 e. The van der Waals surface area contributed by atoms with E-state index in [0.29, 0.717) is 6.42 Å². The van der Waals surface area contributed by atoms with Crippen molar-refractivity contribution in [1.82, 2.24) is 0 Å². The fourth-order valence-electron chi connectivity index (χ4n) is 0.164. The summed E-state index contributed by atoms with van der Waals surface area (Å²) in [6.07, 6.45) is 3.14. The van der Waals surface area contributed by atoms with Gasteiger partial charge >= 0.3 is 0 Å². The Labute approximate surface area is 42.3 Å². The van der Waals surface area contributed by atoms with E-state index in [1.54, 1.807) is 6.07 Å². The second-order valence-electron chi connectivity index (χ2n) is 0.894. The van der Waals surface area contributed by atoms with Crippen molar-refractivity contribution in [1.29, 1.82) is 10.5 Å². The number of nitriles is 2. The molecule has 0 rings (SSSR count). The molecule has 0 saturated carbocycles. The summed E-state index contributed by atoms with van der Waals surface area (Å²) in [6, 6.07) is 3.64. The number of allylic oxidation sites excluding steroid dienone is 2. The Morgan fingerprint density at radius 1 is 1.43 bits per heavy atom.